The molecule has 72 valence electrons. The molecular formula is C9H13NO3. The van der Waals surface area contributed by atoms with Crippen molar-refractivity contribution >= 4 is 5.97 Å². The second-order valence-electron chi connectivity index (χ2n) is 2.70. The summed E-state index contributed by atoms with van der Waals surface area (Å²) >= 11 is 0. The lowest BCUT2D eigenvalue weighted by atomic mass is 10.1. The first-order valence-electron chi connectivity index (χ1n) is 4.19. The van der Waals surface area contributed by atoms with Crippen molar-refractivity contribution in [3.05, 3.63) is 11.3 Å². The smallest absolute Gasteiger partial charge is 0.349 e. The maximum Gasteiger partial charge on any atom is 0.349 e. The summed E-state index contributed by atoms with van der Waals surface area (Å²) in [6, 6.07) is 1.46. The highest BCUT2D eigenvalue weighted by Crippen LogP contribution is 2.10. The van der Waals surface area contributed by atoms with Gasteiger partial charge in [-0.1, -0.05) is 19.8 Å². The largest absolute Gasteiger partial charge is 0.511 e. The molecule has 0 aliphatic carbocycles. The van der Waals surface area contributed by atoms with E-state index < -0.39 is 11.5 Å². The summed E-state index contributed by atoms with van der Waals surface area (Å²) < 4.78 is 0. The predicted molar refractivity (Wildman–Crippen MR) is 47.0 cm³/mol. The molecule has 0 heterocycles. The van der Waals surface area contributed by atoms with Gasteiger partial charge < -0.3 is 10.2 Å². The number of carboxylic acids is 1. The number of aliphatic hydroxyl groups excluding tert-OH is 1. The Hall–Kier alpha value is -1.50. The van der Waals surface area contributed by atoms with Crippen LogP contribution in [0.2, 0.25) is 0 Å². The number of aliphatic hydroxyl groups is 1. The highest BCUT2D eigenvalue weighted by atomic mass is 16.4. The van der Waals surface area contributed by atoms with Crippen LogP contribution < -0.4 is 0 Å². The molecule has 0 unspecified atom stereocenters. The van der Waals surface area contributed by atoms with Crippen molar-refractivity contribution in [3.63, 3.8) is 0 Å². The van der Waals surface area contributed by atoms with E-state index in [0.717, 1.165) is 12.8 Å². The summed E-state index contributed by atoms with van der Waals surface area (Å²) in [4.78, 5) is 10.4. The second-order valence-corrected chi connectivity index (χ2v) is 2.70. The van der Waals surface area contributed by atoms with Gasteiger partial charge in [0.1, 0.15) is 11.8 Å². The molecule has 0 aliphatic heterocycles. The SMILES string of the molecule is CCCCC/C(O)=C(\C#N)C(=O)O. The van der Waals surface area contributed by atoms with E-state index in [1.54, 1.807) is 0 Å². The standard InChI is InChI=1S/C9H13NO3/c1-2-3-4-5-8(11)7(6-10)9(12)13/h11H,2-5H2,1H3,(H,12,13)/b8-7-. The summed E-state index contributed by atoms with van der Waals surface area (Å²) in [6.07, 6.45) is 2.88. The van der Waals surface area contributed by atoms with Crippen molar-refractivity contribution in [2.45, 2.75) is 32.6 Å². The topological polar surface area (TPSA) is 81.3 Å². The molecular weight excluding hydrogens is 170 g/mol. The van der Waals surface area contributed by atoms with Crippen LogP contribution in [-0.2, 0) is 4.79 Å². The molecule has 0 saturated heterocycles. The molecule has 0 aliphatic rings. The molecule has 13 heavy (non-hydrogen) atoms. The summed E-state index contributed by atoms with van der Waals surface area (Å²) in [5.41, 5.74) is -0.545. The Morgan fingerprint density at radius 1 is 1.38 bits per heavy atom. The van der Waals surface area contributed by atoms with Gasteiger partial charge in [0.2, 0.25) is 0 Å². The van der Waals surface area contributed by atoms with E-state index in [2.05, 4.69) is 0 Å². The average molecular weight is 183 g/mol. The fraction of sp³-hybridized carbons (Fsp3) is 0.556. The molecule has 0 radical (unpaired) electrons. The zero-order valence-corrected chi connectivity index (χ0v) is 7.58. The van der Waals surface area contributed by atoms with Crippen molar-refractivity contribution in [1.82, 2.24) is 0 Å². The van der Waals surface area contributed by atoms with E-state index in [1.807, 2.05) is 6.92 Å². The molecule has 4 heteroatoms. The minimum atomic E-state index is -1.36. The summed E-state index contributed by atoms with van der Waals surface area (Å²) in [7, 11) is 0. The van der Waals surface area contributed by atoms with Crippen LogP contribution in [0.3, 0.4) is 0 Å². The van der Waals surface area contributed by atoms with Gasteiger partial charge >= 0.3 is 5.97 Å². The third-order valence-electron chi connectivity index (χ3n) is 1.63. The van der Waals surface area contributed by atoms with Crippen molar-refractivity contribution < 1.29 is 15.0 Å². The lowest BCUT2D eigenvalue weighted by Gasteiger charge is -1.99. The number of carboxylic acid groups (broad SMARTS) is 1. The lowest BCUT2D eigenvalue weighted by Crippen LogP contribution is -2.02. The molecule has 0 aromatic carbocycles. The van der Waals surface area contributed by atoms with Gasteiger partial charge in [-0.25, -0.2) is 4.79 Å². The molecule has 0 atom stereocenters. The molecule has 0 spiro atoms. The zero-order valence-electron chi connectivity index (χ0n) is 7.58. The minimum absolute atomic E-state index is 0.267. The summed E-state index contributed by atoms with van der Waals surface area (Å²) in [6.45, 7) is 2.00. The predicted octanol–water partition coefficient (Wildman–Crippen LogP) is 1.99. The van der Waals surface area contributed by atoms with Gasteiger partial charge in [-0.05, 0) is 6.42 Å². The maximum absolute atomic E-state index is 10.4. The number of carbonyl (C=O) groups is 1. The number of unbranched alkanes of at least 4 members (excludes halogenated alkanes) is 2. The molecule has 2 N–H and O–H groups in total. The number of hydrogen-bond acceptors (Lipinski definition) is 3. The third-order valence-corrected chi connectivity index (χ3v) is 1.63. The van der Waals surface area contributed by atoms with E-state index in [-0.39, 0.29) is 12.2 Å². The van der Waals surface area contributed by atoms with E-state index >= 15 is 0 Å². The molecule has 4 nitrogen and oxygen atoms in total. The average Bonchev–Trinajstić information content (AvgIpc) is 2.05. The number of hydrogen-bond donors (Lipinski definition) is 2. The lowest BCUT2D eigenvalue weighted by molar-refractivity contribution is -0.132. The first-order valence-corrected chi connectivity index (χ1v) is 4.19. The molecule has 0 bridgehead atoms. The minimum Gasteiger partial charge on any atom is -0.511 e. The van der Waals surface area contributed by atoms with Gasteiger partial charge in [-0.15, -0.1) is 0 Å². The molecule has 0 saturated carbocycles. The van der Waals surface area contributed by atoms with Gasteiger partial charge in [0.25, 0.3) is 0 Å². The molecule has 0 aromatic heterocycles. The molecule has 0 aromatic rings. The number of allylic oxidation sites excluding steroid dienone is 1. The van der Waals surface area contributed by atoms with E-state index in [1.165, 1.54) is 6.07 Å². The van der Waals surface area contributed by atoms with Gasteiger partial charge in [0.05, 0.1) is 0 Å². The fourth-order valence-electron chi connectivity index (χ4n) is 0.903. The maximum atomic E-state index is 10.4. The third kappa shape index (κ3) is 4.16. The zero-order chi connectivity index (χ0) is 10.3. The monoisotopic (exact) mass is 183 g/mol. The first-order chi connectivity index (χ1) is 6.13. The van der Waals surface area contributed by atoms with Gasteiger partial charge in [-0.2, -0.15) is 5.26 Å². The van der Waals surface area contributed by atoms with Crippen LogP contribution in [0.5, 0.6) is 0 Å². The van der Waals surface area contributed by atoms with Crippen LogP contribution in [0.1, 0.15) is 32.6 Å². The van der Waals surface area contributed by atoms with Gasteiger partial charge in [0.15, 0.2) is 5.57 Å². The number of rotatable bonds is 5. The van der Waals surface area contributed by atoms with E-state index in [9.17, 15) is 9.90 Å². The Kier molecular flexibility index (Phi) is 5.37. The Morgan fingerprint density at radius 2 is 2.00 bits per heavy atom. The van der Waals surface area contributed by atoms with Crippen LogP contribution in [0, 0.1) is 11.3 Å². The van der Waals surface area contributed by atoms with Crippen molar-refractivity contribution in [1.29, 1.82) is 5.26 Å². The Labute approximate surface area is 77.1 Å². The Bertz CT molecular complexity index is 250. The fourth-order valence-corrected chi connectivity index (χ4v) is 0.903. The molecule has 0 amide bonds. The van der Waals surface area contributed by atoms with Crippen LogP contribution >= 0.6 is 0 Å². The summed E-state index contributed by atoms with van der Waals surface area (Å²) in [5, 5.41) is 26.0. The van der Waals surface area contributed by atoms with Gasteiger partial charge in [0, 0.05) is 6.42 Å². The number of nitriles is 1. The summed E-state index contributed by atoms with van der Waals surface area (Å²) in [5.74, 6) is -1.68. The van der Waals surface area contributed by atoms with E-state index in [4.69, 9.17) is 10.4 Å². The van der Waals surface area contributed by atoms with Crippen LogP contribution in [-0.4, -0.2) is 16.2 Å². The molecule has 0 rings (SSSR count). The second kappa shape index (κ2) is 6.06. The van der Waals surface area contributed by atoms with Crippen LogP contribution in [0.25, 0.3) is 0 Å². The van der Waals surface area contributed by atoms with Crippen molar-refractivity contribution in [2.24, 2.45) is 0 Å². The number of nitrogens with zero attached hydrogens (tertiary/aromatic N) is 1. The highest BCUT2D eigenvalue weighted by molar-refractivity contribution is 5.91. The van der Waals surface area contributed by atoms with Crippen molar-refractivity contribution in [2.75, 3.05) is 0 Å². The highest BCUT2D eigenvalue weighted by Gasteiger charge is 2.12. The first kappa shape index (κ1) is 11.5. The normalized spacial score (nSPS) is 11.7. The van der Waals surface area contributed by atoms with Gasteiger partial charge in [-0.3, -0.25) is 0 Å². The Morgan fingerprint density at radius 3 is 2.38 bits per heavy atom. The van der Waals surface area contributed by atoms with Crippen LogP contribution in [0.4, 0.5) is 0 Å². The number of aliphatic carboxylic acids is 1. The van der Waals surface area contributed by atoms with Crippen LogP contribution in [0.15, 0.2) is 11.3 Å². The quantitative estimate of drug-likeness (QED) is 0.295. The molecule has 0 fully saturated rings. The van der Waals surface area contributed by atoms with E-state index in [0.29, 0.717) is 6.42 Å². The van der Waals surface area contributed by atoms with Crippen molar-refractivity contribution in [3.8, 4) is 6.07 Å². The Balaban J connectivity index is 4.25.